The first-order valence-electron chi connectivity index (χ1n) is 7.71. The molecule has 0 fully saturated rings. The average molecular weight is 392 g/mol. The normalized spacial score (nSPS) is 12.0. The maximum Gasteiger partial charge on any atom is 0.341 e. The van der Waals surface area contributed by atoms with E-state index in [2.05, 4.69) is 10.2 Å². The van der Waals surface area contributed by atoms with Crippen molar-refractivity contribution in [3.05, 3.63) is 63.5 Å². The monoisotopic (exact) mass is 391 g/mol. The standard InChI is InChI=1S/C18H15Cl2N3O3/c1-9-4-3-5-11(6-9)17-23-22-16(26-17)10(2)25-18(24)13-7-12(19)8-14(20)15(13)21/h3-8,10H,21H2,1-2H3. The summed E-state index contributed by atoms with van der Waals surface area (Å²) in [5, 5.41) is 8.41. The lowest BCUT2D eigenvalue weighted by Gasteiger charge is -2.12. The molecule has 0 aliphatic heterocycles. The van der Waals surface area contributed by atoms with Gasteiger partial charge in [0.25, 0.3) is 5.89 Å². The highest BCUT2D eigenvalue weighted by Gasteiger charge is 2.22. The van der Waals surface area contributed by atoms with Gasteiger partial charge in [0.05, 0.1) is 16.3 Å². The van der Waals surface area contributed by atoms with E-state index in [1.165, 1.54) is 12.1 Å². The Morgan fingerprint density at radius 2 is 2.00 bits per heavy atom. The highest BCUT2D eigenvalue weighted by atomic mass is 35.5. The minimum Gasteiger partial charge on any atom is -0.449 e. The summed E-state index contributed by atoms with van der Waals surface area (Å²) in [6, 6.07) is 10.5. The number of rotatable bonds is 4. The molecule has 1 heterocycles. The van der Waals surface area contributed by atoms with E-state index in [-0.39, 0.29) is 27.2 Å². The van der Waals surface area contributed by atoms with Crippen molar-refractivity contribution in [2.24, 2.45) is 0 Å². The maximum absolute atomic E-state index is 12.4. The number of ether oxygens (including phenoxy) is 1. The number of hydrogen-bond donors (Lipinski definition) is 1. The van der Waals surface area contributed by atoms with Crippen LogP contribution in [0.2, 0.25) is 10.0 Å². The quantitative estimate of drug-likeness (QED) is 0.504. The number of hydrogen-bond acceptors (Lipinski definition) is 6. The van der Waals surface area contributed by atoms with Crippen LogP contribution in [-0.2, 0) is 4.74 Å². The lowest BCUT2D eigenvalue weighted by molar-refractivity contribution is 0.0281. The molecule has 0 saturated heterocycles. The van der Waals surface area contributed by atoms with Gasteiger partial charge in [-0.25, -0.2) is 4.79 Å². The molecular weight excluding hydrogens is 377 g/mol. The smallest absolute Gasteiger partial charge is 0.341 e. The summed E-state index contributed by atoms with van der Waals surface area (Å²) in [7, 11) is 0. The zero-order chi connectivity index (χ0) is 18.8. The number of anilines is 1. The third-order valence-corrected chi connectivity index (χ3v) is 4.18. The number of aromatic nitrogens is 2. The lowest BCUT2D eigenvalue weighted by Crippen LogP contribution is -2.12. The number of benzene rings is 2. The van der Waals surface area contributed by atoms with Gasteiger partial charge in [-0.2, -0.15) is 0 Å². The Morgan fingerprint density at radius 3 is 2.73 bits per heavy atom. The van der Waals surface area contributed by atoms with Crippen molar-refractivity contribution in [2.75, 3.05) is 5.73 Å². The number of carbonyl (C=O) groups is 1. The Labute approximate surface area is 159 Å². The molecule has 0 aliphatic carbocycles. The van der Waals surface area contributed by atoms with Crippen LogP contribution in [0.4, 0.5) is 5.69 Å². The molecule has 6 nitrogen and oxygen atoms in total. The number of nitrogen functional groups attached to an aromatic ring is 1. The summed E-state index contributed by atoms with van der Waals surface area (Å²) in [6.45, 7) is 3.58. The summed E-state index contributed by atoms with van der Waals surface area (Å²) in [4.78, 5) is 12.4. The Balaban J connectivity index is 1.79. The lowest BCUT2D eigenvalue weighted by atomic mass is 10.1. The van der Waals surface area contributed by atoms with Gasteiger partial charge < -0.3 is 14.9 Å². The number of esters is 1. The first-order valence-corrected chi connectivity index (χ1v) is 8.46. The van der Waals surface area contributed by atoms with Gasteiger partial charge in [0, 0.05) is 10.6 Å². The second-order valence-electron chi connectivity index (χ2n) is 5.71. The minimum absolute atomic E-state index is 0.0766. The third kappa shape index (κ3) is 3.81. The van der Waals surface area contributed by atoms with Crippen LogP contribution in [0.5, 0.6) is 0 Å². The van der Waals surface area contributed by atoms with E-state index in [9.17, 15) is 4.79 Å². The van der Waals surface area contributed by atoms with Crippen molar-refractivity contribution in [3.8, 4) is 11.5 Å². The predicted molar refractivity (Wildman–Crippen MR) is 99.2 cm³/mol. The molecule has 0 bridgehead atoms. The number of carbonyl (C=O) groups excluding carboxylic acids is 1. The Morgan fingerprint density at radius 1 is 1.23 bits per heavy atom. The van der Waals surface area contributed by atoms with Crippen molar-refractivity contribution < 1.29 is 13.9 Å². The average Bonchev–Trinajstić information content (AvgIpc) is 3.08. The molecule has 2 aromatic carbocycles. The fourth-order valence-electron chi connectivity index (χ4n) is 2.32. The SMILES string of the molecule is Cc1cccc(-c2nnc(C(C)OC(=O)c3cc(Cl)cc(Cl)c3N)o2)c1. The van der Waals surface area contributed by atoms with E-state index in [0.717, 1.165) is 11.1 Å². The Bertz CT molecular complexity index is 972. The summed E-state index contributed by atoms with van der Waals surface area (Å²) >= 11 is 11.9. The van der Waals surface area contributed by atoms with Crippen LogP contribution in [0.25, 0.3) is 11.5 Å². The van der Waals surface area contributed by atoms with Gasteiger partial charge in [-0.1, -0.05) is 40.9 Å². The summed E-state index contributed by atoms with van der Waals surface area (Å²) < 4.78 is 11.0. The van der Waals surface area contributed by atoms with E-state index in [1.54, 1.807) is 6.92 Å². The van der Waals surface area contributed by atoms with Crippen molar-refractivity contribution in [1.29, 1.82) is 0 Å². The molecule has 1 atom stereocenters. The highest BCUT2D eigenvalue weighted by Crippen LogP contribution is 2.30. The van der Waals surface area contributed by atoms with Gasteiger partial charge in [0.2, 0.25) is 5.89 Å². The second-order valence-corrected chi connectivity index (χ2v) is 6.55. The van der Waals surface area contributed by atoms with Crippen LogP contribution in [0, 0.1) is 6.92 Å². The van der Waals surface area contributed by atoms with Gasteiger partial charge >= 0.3 is 5.97 Å². The van der Waals surface area contributed by atoms with E-state index < -0.39 is 12.1 Å². The molecule has 1 aromatic heterocycles. The fourth-order valence-corrected chi connectivity index (χ4v) is 2.82. The summed E-state index contributed by atoms with van der Waals surface area (Å²) in [6.07, 6.45) is -0.772. The molecule has 134 valence electrons. The topological polar surface area (TPSA) is 91.2 Å². The van der Waals surface area contributed by atoms with Gasteiger partial charge in [0.1, 0.15) is 0 Å². The minimum atomic E-state index is -0.772. The Kier molecular flexibility index (Phi) is 5.15. The van der Waals surface area contributed by atoms with Crippen molar-refractivity contribution in [3.63, 3.8) is 0 Å². The van der Waals surface area contributed by atoms with Crippen LogP contribution in [0.15, 0.2) is 40.8 Å². The molecule has 1 unspecified atom stereocenters. The van der Waals surface area contributed by atoms with Gasteiger partial charge in [0.15, 0.2) is 6.10 Å². The van der Waals surface area contributed by atoms with E-state index in [4.69, 9.17) is 38.1 Å². The van der Waals surface area contributed by atoms with Gasteiger partial charge in [-0.3, -0.25) is 0 Å². The molecular formula is C18H15Cl2N3O3. The summed E-state index contributed by atoms with van der Waals surface area (Å²) in [5.74, 6) is -0.173. The molecule has 0 spiro atoms. The number of nitrogens with two attached hydrogens (primary N) is 1. The molecule has 0 saturated carbocycles. The molecule has 0 radical (unpaired) electrons. The van der Waals surface area contributed by atoms with E-state index >= 15 is 0 Å². The molecule has 0 amide bonds. The van der Waals surface area contributed by atoms with Crippen LogP contribution < -0.4 is 5.73 Å². The van der Waals surface area contributed by atoms with Crippen LogP contribution in [-0.4, -0.2) is 16.2 Å². The molecule has 3 aromatic rings. The molecule has 2 N–H and O–H groups in total. The predicted octanol–water partition coefficient (Wildman–Crippen LogP) is 4.85. The fraction of sp³-hybridized carbons (Fsp3) is 0.167. The first-order chi connectivity index (χ1) is 12.3. The van der Waals surface area contributed by atoms with E-state index in [0.29, 0.717) is 5.89 Å². The van der Waals surface area contributed by atoms with Crippen LogP contribution >= 0.6 is 23.2 Å². The van der Waals surface area contributed by atoms with Gasteiger partial charge in [-0.15, -0.1) is 10.2 Å². The Hall–Kier alpha value is -2.57. The third-order valence-electron chi connectivity index (χ3n) is 3.65. The zero-order valence-corrected chi connectivity index (χ0v) is 15.5. The number of halogens is 2. The van der Waals surface area contributed by atoms with Crippen LogP contribution in [0.3, 0.4) is 0 Å². The largest absolute Gasteiger partial charge is 0.449 e. The molecule has 3 rings (SSSR count). The molecule has 8 heteroatoms. The van der Waals surface area contributed by atoms with Gasteiger partial charge in [-0.05, 0) is 38.1 Å². The van der Waals surface area contributed by atoms with E-state index in [1.807, 2.05) is 31.2 Å². The molecule has 0 aliphatic rings. The second kappa shape index (κ2) is 7.35. The summed E-state index contributed by atoms with van der Waals surface area (Å²) in [5.41, 5.74) is 7.84. The molecule has 26 heavy (non-hydrogen) atoms. The first kappa shape index (κ1) is 18.2. The van der Waals surface area contributed by atoms with Crippen molar-refractivity contribution in [1.82, 2.24) is 10.2 Å². The number of aryl methyl sites for hydroxylation is 1. The van der Waals surface area contributed by atoms with Crippen LogP contribution in [0.1, 0.15) is 34.8 Å². The zero-order valence-electron chi connectivity index (χ0n) is 14.0. The van der Waals surface area contributed by atoms with Crippen molar-refractivity contribution in [2.45, 2.75) is 20.0 Å². The number of nitrogens with zero attached hydrogens (tertiary/aromatic N) is 2. The maximum atomic E-state index is 12.4. The highest BCUT2D eigenvalue weighted by molar-refractivity contribution is 6.37. The van der Waals surface area contributed by atoms with Crippen molar-refractivity contribution >= 4 is 34.9 Å².